The van der Waals surface area contributed by atoms with E-state index >= 15 is 0 Å². The molecule has 0 aromatic heterocycles. The van der Waals surface area contributed by atoms with Crippen LogP contribution in [0.15, 0.2) is 0 Å². The second kappa shape index (κ2) is 10.6. The van der Waals surface area contributed by atoms with Crippen molar-refractivity contribution in [1.29, 1.82) is 0 Å². The number of carbonyl (C=O) groups is 5. The van der Waals surface area contributed by atoms with Crippen molar-refractivity contribution < 1.29 is 34.2 Å². The largest absolute Gasteiger partial charge is 0.481 e. The Labute approximate surface area is 154 Å². The number of hydrogen-bond acceptors (Lipinski definition) is 7. The van der Waals surface area contributed by atoms with E-state index in [1.54, 1.807) is 0 Å². The lowest BCUT2D eigenvalue weighted by Crippen LogP contribution is -2.54. The second-order valence-electron chi connectivity index (χ2n) is 5.67. The summed E-state index contributed by atoms with van der Waals surface area (Å²) < 4.78 is 0. The maximum absolute atomic E-state index is 12.0. The third-order valence-corrected chi connectivity index (χ3v) is 3.99. The van der Waals surface area contributed by atoms with Gasteiger partial charge in [0.2, 0.25) is 17.7 Å². The molecule has 11 nitrogen and oxygen atoms in total. The van der Waals surface area contributed by atoms with Crippen LogP contribution in [0.3, 0.4) is 0 Å². The van der Waals surface area contributed by atoms with Gasteiger partial charge >= 0.3 is 11.9 Å². The molecule has 1 aliphatic rings. The molecule has 6 N–H and O–H groups in total. The molecule has 3 amide bonds. The molecule has 1 saturated heterocycles. The highest BCUT2D eigenvalue weighted by Gasteiger charge is 2.27. The molecule has 146 valence electrons. The van der Waals surface area contributed by atoms with Crippen molar-refractivity contribution in [2.75, 3.05) is 18.8 Å². The lowest BCUT2D eigenvalue weighted by atomic mass is 10.2. The summed E-state index contributed by atoms with van der Waals surface area (Å²) in [4.78, 5) is 57.2. The van der Waals surface area contributed by atoms with Gasteiger partial charge in [0, 0.05) is 5.75 Å². The quantitative estimate of drug-likeness (QED) is 0.197. The summed E-state index contributed by atoms with van der Waals surface area (Å²) in [6, 6.07) is -2.94. The zero-order chi connectivity index (χ0) is 19.7. The number of aliphatic carboxylic acids is 2. The number of rotatable bonds is 10. The molecule has 0 bridgehead atoms. The van der Waals surface area contributed by atoms with Crippen molar-refractivity contribution in [3.05, 3.63) is 0 Å². The van der Waals surface area contributed by atoms with E-state index in [-0.39, 0.29) is 17.7 Å². The van der Waals surface area contributed by atoms with Crippen LogP contribution < -0.4 is 21.3 Å². The van der Waals surface area contributed by atoms with Crippen LogP contribution in [-0.2, 0) is 24.0 Å². The zero-order valence-electron chi connectivity index (χ0n) is 13.9. The minimum absolute atomic E-state index is 0.00266. The number of carboxylic acids is 2. The van der Waals surface area contributed by atoms with E-state index in [0.29, 0.717) is 6.42 Å². The van der Waals surface area contributed by atoms with E-state index in [1.165, 1.54) is 0 Å². The van der Waals surface area contributed by atoms with Crippen LogP contribution in [-0.4, -0.2) is 76.8 Å². The molecule has 0 aliphatic carbocycles. The molecular weight excluding hydrogens is 368 g/mol. The maximum atomic E-state index is 12.0. The first-order valence-corrected chi connectivity index (χ1v) is 8.54. The van der Waals surface area contributed by atoms with Crippen molar-refractivity contribution >= 4 is 42.3 Å². The van der Waals surface area contributed by atoms with Crippen LogP contribution in [0, 0.1) is 0 Å². The van der Waals surface area contributed by atoms with Gasteiger partial charge < -0.3 is 31.5 Å². The third-order valence-electron chi connectivity index (χ3n) is 3.63. The number of nitrogens with one attached hydrogen (secondary N) is 4. The smallest absolute Gasteiger partial charge is 0.326 e. The van der Waals surface area contributed by atoms with Crippen molar-refractivity contribution in [1.82, 2.24) is 21.3 Å². The molecule has 26 heavy (non-hydrogen) atoms. The summed E-state index contributed by atoms with van der Waals surface area (Å²) in [5.74, 6) is -4.76. The second-order valence-corrected chi connectivity index (χ2v) is 6.03. The highest BCUT2D eigenvalue weighted by Crippen LogP contribution is 2.05. The highest BCUT2D eigenvalue weighted by molar-refractivity contribution is 7.80. The molecule has 1 heterocycles. The van der Waals surface area contributed by atoms with Gasteiger partial charge in [0.15, 0.2) is 0 Å². The van der Waals surface area contributed by atoms with Crippen molar-refractivity contribution in [2.24, 2.45) is 0 Å². The Hall–Kier alpha value is -2.34. The van der Waals surface area contributed by atoms with Crippen LogP contribution in [0.1, 0.15) is 19.3 Å². The Morgan fingerprint density at radius 1 is 1.12 bits per heavy atom. The van der Waals surface area contributed by atoms with E-state index in [4.69, 9.17) is 10.2 Å². The van der Waals surface area contributed by atoms with Gasteiger partial charge in [-0.15, -0.1) is 0 Å². The van der Waals surface area contributed by atoms with Crippen LogP contribution >= 0.6 is 12.6 Å². The Morgan fingerprint density at radius 3 is 2.31 bits per heavy atom. The molecule has 1 rings (SSSR count). The summed E-state index contributed by atoms with van der Waals surface area (Å²) in [5.41, 5.74) is 0. The van der Waals surface area contributed by atoms with Crippen molar-refractivity contribution in [3.8, 4) is 0 Å². The Bertz CT molecular complexity index is 565. The average molecular weight is 390 g/mol. The molecular formula is C14H22N4O7S. The van der Waals surface area contributed by atoms with Crippen LogP contribution in [0.4, 0.5) is 0 Å². The molecule has 1 aliphatic heterocycles. The van der Waals surface area contributed by atoms with Gasteiger partial charge in [0.1, 0.15) is 12.1 Å². The van der Waals surface area contributed by atoms with E-state index in [1.807, 2.05) is 5.32 Å². The number of hydrogen-bond donors (Lipinski definition) is 7. The minimum atomic E-state index is -1.61. The Morgan fingerprint density at radius 2 is 1.81 bits per heavy atom. The van der Waals surface area contributed by atoms with E-state index in [0.717, 1.165) is 13.0 Å². The molecule has 3 unspecified atom stereocenters. The molecule has 0 aromatic rings. The summed E-state index contributed by atoms with van der Waals surface area (Å²) in [7, 11) is 0. The maximum Gasteiger partial charge on any atom is 0.326 e. The molecule has 12 heteroatoms. The fourth-order valence-electron chi connectivity index (χ4n) is 2.29. The molecule has 0 saturated carbocycles. The number of carbonyl (C=O) groups excluding carboxylic acids is 3. The summed E-state index contributed by atoms with van der Waals surface area (Å²) in [6.07, 6.45) is 0.727. The summed E-state index contributed by atoms with van der Waals surface area (Å²) in [6.45, 7) is 0.154. The van der Waals surface area contributed by atoms with Crippen LogP contribution in [0.25, 0.3) is 0 Å². The van der Waals surface area contributed by atoms with Crippen molar-refractivity contribution in [2.45, 2.75) is 37.4 Å². The predicted molar refractivity (Wildman–Crippen MR) is 91.6 cm³/mol. The normalized spacial score (nSPS) is 18.4. The Kier molecular flexibility index (Phi) is 8.85. The summed E-state index contributed by atoms with van der Waals surface area (Å²) in [5, 5.41) is 27.2. The fourth-order valence-corrected chi connectivity index (χ4v) is 2.54. The molecule has 3 atom stereocenters. The lowest BCUT2D eigenvalue weighted by molar-refractivity contribution is -0.147. The zero-order valence-corrected chi connectivity index (χ0v) is 14.8. The van der Waals surface area contributed by atoms with Gasteiger partial charge in [-0.25, -0.2) is 4.79 Å². The summed E-state index contributed by atoms with van der Waals surface area (Å²) >= 11 is 4.00. The average Bonchev–Trinajstić information content (AvgIpc) is 3.10. The standard InChI is InChI=1S/C14H22N4O7S/c19-10(17-8(14(24)25)4-11(20)21)5-16-12(22)9(6-26)18-13(23)7-2-1-3-15-7/h7-9,15,26H,1-6H2,(H,16,22)(H,17,19)(H,18,23)(H,20,21)(H,24,25). The number of amides is 3. The van der Waals surface area contributed by atoms with Gasteiger partial charge in [0.25, 0.3) is 0 Å². The lowest BCUT2D eigenvalue weighted by Gasteiger charge is -2.19. The van der Waals surface area contributed by atoms with Gasteiger partial charge in [-0.3, -0.25) is 19.2 Å². The first kappa shape index (κ1) is 21.7. The highest BCUT2D eigenvalue weighted by atomic mass is 32.1. The van der Waals surface area contributed by atoms with E-state index in [2.05, 4.69) is 28.6 Å². The monoisotopic (exact) mass is 390 g/mol. The number of thiol groups is 1. The predicted octanol–water partition coefficient (Wildman–Crippen LogP) is -2.69. The van der Waals surface area contributed by atoms with Gasteiger partial charge in [-0.2, -0.15) is 12.6 Å². The van der Waals surface area contributed by atoms with E-state index in [9.17, 15) is 24.0 Å². The topological polar surface area (TPSA) is 174 Å². The number of carboxylic acid groups (broad SMARTS) is 2. The van der Waals surface area contributed by atoms with Gasteiger partial charge in [-0.1, -0.05) is 0 Å². The molecule has 0 spiro atoms. The Balaban J connectivity index is 2.46. The van der Waals surface area contributed by atoms with Crippen molar-refractivity contribution in [3.63, 3.8) is 0 Å². The van der Waals surface area contributed by atoms with Crippen LogP contribution in [0.5, 0.6) is 0 Å². The first-order valence-electron chi connectivity index (χ1n) is 7.91. The molecule has 1 fully saturated rings. The molecule has 0 radical (unpaired) electrons. The van der Waals surface area contributed by atoms with Crippen LogP contribution in [0.2, 0.25) is 0 Å². The first-order chi connectivity index (χ1) is 12.2. The fraction of sp³-hybridized carbons (Fsp3) is 0.643. The SMILES string of the molecule is O=C(O)CC(NC(=O)CNC(=O)C(CS)NC(=O)C1CCCN1)C(=O)O. The molecule has 0 aromatic carbocycles. The minimum Gasteiger partial charge on any atom is -0.481 e. The van der Waals surface area contributed by atoms with Gasteiger partial charge in [0.05, 0.1) is 19.0 Å². The third kappa shape index (κ3) is 7.27. The van der Waals surface area contributed by atoms with E-state index < -0.39 is 48.8 Å². The van der Waals surface area contributed by atoms with Gasteiger partial charge in [-0.05, 0) is 19.4 Å².